The Hall–Kier alpha value is -6.43. The zero-order valence-corrected chi connectivity index (χ0v) is 31.3. The molecule has 1 spiro atoms. The number of nitrogens with zero attached hydrogens (tertiary/aromatic N) is 3. The van der Waals surface area contributed by atoms with Crippen molar-refractivity contribution in [3.05, 3.63) is 180 Å². The highest BCUT2D eigenvalue weighted by Gasteiger charge is 2.51. The highest BCUT2D eigenvalue weighted by Crippen LogP contribution is 2.63. The van der Waals surface area contributed by atoms with Gasteiger partial charge in [-0.05, 0) is 74.8 Å². The van der Waals surface area contributed by atoms with Gasteiger partial charge < -0.3 is 4.42 Å². The minimum absolute atomic E-state index is 0.451. The summed E-state index contributed by atoms with van der Waals surface area (Å²) in [5, 5.41) is 3.52. The van der Waals surface area contributed by atoms with Crippen molar-refractivity contribution in [3.8, 4) is 56.4 Å². The Bertz CT molecular complexity index is 2930. The first-order chi connectivity index (χ1) is 26.4. The van der Waals surface area contributed by atoms with Gasteiger partial charge in [0.1, 0.15) is 11.2 Å². The SMILES string of the molecule is C[Si](C)(C)c1ccc(-c2nc(-c3ccc4c(c3)C3(c5ccccc5-c5ccccc53)c3ccccc3-4)nc(-c3ccc4oc5ccccc5c4c3)n2)cc1. The number of fused-ring (bicyclic) bond motifs is 13. The number of hydrogen-bond donors (Lipinski definition) is 0. The van der Waals surface area contributed by atoms with E-state index in [9.17, 15) is 0 Å². The molecule has 0 N–H and O–H groups in total. The van der Waals surface area contributed by atoms with Crippen molar-refractivity contribution in [2.75, 3.05) is 0 Å². The molecule has 256 valence electrons. The average Bonchev–Trinajstić information content (AvgIpc) is 3.84. The standard InChI is InChI=1S/C49H35N3OSi/c1-54(2,3)33-24-20-30(21-25-33)46-50-47(31-23-27-45-39(28-31)38-15-7-11-19-44(38)53-45)52-48(51-46)32-22-26-37-36-14-6-10-18-42(36)49(43(37)29-32)40-16-8-4-12-34(40)35-13-5-9-17-41(35)49/h4-29H,1-3H3. The molecule has 0 aliphatic heterocycles. The van der Waals surface area contributed by atoms with E-state index in [0.717, 1.165) is 38.6 Å². The van der Waals surface area contributed by atoms with Crippen LogP contribution in [0.1, 0.15) is 22.3 Å². The quantitative estimate of drug-likeness (QED) is 0.171. The third-order valence-corrected chi connectivity index (χ3v) is 13.6. The predicted octanol–water partition coefficient (Wildman–Crippen LogP) is 11.7. The summed E-state index contributed by atoms with van der Waals surface area (Å²) in [6, 6.07) is 56.8. The molecule has 54 heavy (non-hydrogen) atoms. The van der Waals surface area contributed by atoms with Gasteiger partial charge in [-0.25, -0.2) is 15.0 Å². The second-order valence-corrected chi connectivity index (χ2v) is 20.7. The third kappa shape index (κ3) is 4.39. The molecule has 0 unspecified atom stereocenters. The van der Waals surface area contributed by atoms with Gasteiger partial charge in [0.2, 0.25) is 0 Å². The van der Waals surface area contributed by atoms with Crippen molar-refractivity contribution >= 4 is 35.2 Å². The molecule has 11 rings (SSSR count). The Labute approximate surface area is 314 Å². The van der Waals surface area contributed by atoms with Gasteiger partial charge in [0.25, 0.3) is 0 Å². The first-order valence-corrected chi connectivity index (χ1v) is 22.1. The zero-order chi connectivity index (χ0) is 36.2. The van der Waals surface area contributed by atoms with Crippen LogP contribution in [0, 0.1) is 0 Å². The minimum Gasteiger partial charge on any atom is -0.456 e. The molecule has 4 nitrogen and oxygen atoms in total. The fourth-order valence-corrected chi connectivity index (χ4v) is 10.1. The summed E-state index contributed by atoms with van der Waals surface area (Å²) in [7, 11) is -1.49. The van der Waals surface area contributed by atoms with E-state index in [1.165, 1.54) is 49.7 Å². The van der Waals surface area contributed by atoms with Gasteiger partial charge in [-0.2, -0.15) is 0 Å². The molecule has 0 saturated heterocycles. The van der Waals surface area contributed by atoms with Gasteiger partial charge >= 0.3 is 0 Å². The van der Waals surface area contributed by atoms with Crippen LogP contribution in [0.5, 0.6) is 0 Å². The fraction of sp³-hybridized carbons (Fsp3) is 0.0816. The Morgan fingerprint density at radius 2 is 0.870 bits per heavy atom. The first-order valence-electron chi connectivity index (χ1n) is 18.6. The summed E-state index contributed by atoms with van der Waals surface area (Å²) in [6.07, 6.45) is 0. The molecule has 5 heteroatoms. The molecule has 0 amide bonds. The lowest BCUT2D eigenvalue weighted by Crippen LogP contribution is -2.37. The molecule has 2 aliphatic rings. The van der Waals surface area contributed by atoms with Crippen LogP contribution in [0.4, 0.5) is 0 Å². The summed E-state index contributed by atoms with van der Waals surface area (Å²) < 4.78 is 6.18. The second kappa shape index (κ2) is 11.3. The molecule has 0 saturated carbocycles. The molecule has 0 radical (unpaired) electrons. The molecule has 2 heterocycles. The fourth-order valence-electron chi connectivity index (χ4n) is 8.98. The number of furan rings is 1. The van der Waals surface area contributed by atoms with Crippen LogP contribution < -0.4 is 5.19 Å². The Balaban J connectivity index is 1.15. The third-order valence-electron chi connectivity index (χ3n) is 11.5. The van der Waals surface area contributed by atoms with Crippen LogP contribution in [0.3, 0.4) is 0 Å². The normalized spacial score (nSPS) is 13.6. The second-order valence-electron chi connectivity index (χ2n) is 15.6. The number of hydrogen-bond acceptors (Lipinski definition) is 4. The lowest BCUT2D eigenvalue weighted by atomic mass is 9.70. The molecule has 0 atom stereocenters. The smallest absolute Gasteiger partial charge is 0.164 e. The van der Waals surface area contributed by atoms with E-state index in [2.05, 4.69) is 153 Å². The van der Waals surface area contributed by atoms with Gasteiger partial charge in [-0.15, -0.1) is 0 Å². The van der Waals surface area contributed by atoms with E-state index in [4.69, 9.17) is 19.4 Å². The summed E-state index contributed by atoms with van der Waals surface area (Å²) in [5.74, 6) is 1.94. The molecular weight excluding hydrogens is 675 g/mol. The van der Waals surface area contributed by atoms with E-state index in [1.54, 1.807) is 0 Å². The number of aromatic nitrogens is 3. The van der Waals surface area contributed by atoms with Gasteiger partial charge in [0, 0.05) is 27.5 Å². The summed E-state index contributed by atoms with van der Waals surface area (Å²) >= 11 is 0. The predicted molar refractivity (Wildman–Crippen MR) is 223 cm³/mol. The molecule has 2 aromatic heterocycles. The van der Waals surface area contributed by atoms with E-state index < -0.39 is 13.5 Å². The average molecular weight is 710 g/mol. The summed E-state index contributed by atoms with van der Waals surface area (Å²) in [6.45, 7) is 7.12. The van der Waals surface area contributed by atoms with Crippen molar-refractivity contribution in [2.45, 2.75) is 25.1 Å². The molecule has 0 fully saturated rings. The maximum Gasteiger partial charge on any atom is 0.164 e. The van der Waals surface area contributed by atoms with Gasteiger partial charge in [-0.3, -0.25) is 0 Å². The van der Waals surface area contributed by atoms with Crippen LogP contribution in [0.15, 0.2) is 162 Å². The maximum absolute atomic E-state index is 6.18. The Morgan fingerprint density at radius 3 is 1.48 bits per heavy atom. The largest absolute Gasteiger partial charge is 0.456 e. The van der Waals surface area contributed by atoms with Crippen molar-refractivity contribution in [3.63, 3.8) is 0 Å². The van der Waals surface area contributed by atoms with Gasteiger partial charge in [-0.1, -0.05) is 152 Å². The lowest BCUT2D eigenvalue weighted by molar-refractivity contribution is 0.669. The van der Waals surface area contributed by atoms with Gasteiger partial charge in [0.05, 0.1) is 13.5 Å². The van der Waals surface area contributed by atoms with Crippen LogP contribution in [0.25, 0.3) is 78.4 Å². The highest BCUT2D eigenvalue weighted by atomic mass is 28.3. The monoisotopic (exact) mass is 709 g/mol. The summed E-state index contributed by atoms with van der Waals surface area (Å²) in [4.78, 5) is 15.7. The maximum atomic E-state index is 6.18. The molecular formula is C49H35N3OSi. The van der Waals surface area contributed by atoms with E-state index >= 15 is 0 Å². The Morgan fingerprint density at radius 1 is 0.407 bits per heavy atom. The number of rotatable bonds is 4. The van der Waals surface area contributed by atoms with Crippen LogP contribution >= 0.6 is 0 Å². The van der Waals surface area contributed by atoms with E-state index in [0.29, 0.717) is 17.5 Å². The van der Waals surface area contributed by atoms with Crippen molar-refractivity contribution in [1.82, 2.24) is 15.0 Å². The topological polar surface area (TPSA) is 51.8 Å². The molecule has 0 bridgehead atoms. The summed E-state index contributed by atoms with van der Waals surface area (Å²) in [5.41, 5.74) is 14.4. The molecule has 2 aliphatic carbocycles. The van der Waals surface area contributed by atoms with E-state index in [-0.39, 0.29) is 0 Å². The van der Waals surface area contributed by atoms with E-state index in [1.807, 2.05) is 24.3 Å². The highest BCUT2D eigenvalue weighted by molar-refractivity contribution is 6.88. The van der Waals surface area contributed by atoms with Crippen molar-refractivity contribution in [1.29, 1.82) is 0 Å². The molecule has 7 aromatic carbocycles. The molecule has 9 aromatic rings. The number of benzene rings is 7. The van der Waals surface area contributed by atoms with Crippen LogP contribution in [-0.2, 0) is 5.41 Å². The van der Waals surface area contributed by atoms with Crippen LogP contribution in [-0.4, -0.2) is 23.0 Å². The lowest BCUT2D eigenvalue weighted by Gasteiger charge is -2.30. The van der Waals surface area contributed by atoms with Gasteiger partial charge in [0.15, 0.2) is 17.5 Å². The first kappa shape index (κ1) is 31.1. The van der Waals surface area contributed by atoms with Crippen molar-refractivity contribution < 1.29 is 4.42 Å². The van der Waals surface area contributed by atoms with Crippen LogP contribution in [0.2, 0.25) is 19.6 Å². The van der Waals surface area contributed by atoms with Crippen molar-refractivity contribution in [2.24, 2.45) is 0 Å². The zero-order valence-electron chi connectivity index (χ0n) is 30.3. The number of para-hydroxylation sites is 1. The Kier molecular flexibility index (Phi) is 6.50. The minimum atomic E-state index is -1.49.